The molecule has 1 aromatic rings. The van der Waals surface area contributed by atoms with Crippen molar-refractivity contribution in [1.82, 2.24) is 15.7 Å². The molecule has 4 N–H and O–H groups in total. The zero-order valence-electron chi connectivity index (χ0n) is 27.7. The second kappa shape index (κ2) is 26.9. The van der Waals surface area contributed by atoms with Crippen molar-refractivity contribution in [2.75, 3.05) is 117 Å². The Morgan fingerprint density at radius 2 is 1.06 bits per heavy atom. The number of carboxylic acids is 1. The van der Waals surface area contributed by atoms with Crippen LogP contribution < -0.4 is 15.8 Å². The molecule has 1 heterocycles. The maximum atomic E-state index is 12.3. The summed E-state index contributed by atoms with van der Waals surface area (Å²) in [5.74, 6) is -0.827. The van der Waals surface area contributed by atoms with Gasteiger partial charge in [0.2, 0.25) is 0 Å². The van der Waals surface area contributed by atoms with E-state index in [0.717, 1.165) is 0 Å². The van der Waals surface area contributed by atoms with Gasteiger partial charge in [-0.05, 0) is 32.9 Å². The van der Waals surface area contributed by atoms with Crippen LogP contribution in [0.5, 0.6) is 0 Å². The van der Waals surface area contributed by atoms with Gasteiger partial charge in [-0.15, -0.1) is 0 Å². The van der Waals surface area contributed by atoms with E-state index in [4.69, 9.17) is 48.1 Å². The van der Waals surface area contributed by atoms with Gasteiger partial charge in [-0.1, -0.05) is 0 Å². The Labute approximate surface area is 276 Å². The Morgan fingerprint density at radius 3 is 1.40 bits per heavy atom. The number of aromatic nitrogens is 1. The maximum absolute atomic E-state index is 12.3. The van der Waals surface area contributed by atoms with E-state index in [1.54, 1.807) is 12.1 Å². The van der Waals surface area contributed by atoms with Gasteiger partial charge in [0.05, 0.1) is 123 Å². The van der Waals surface area contributed by atoms with E-state index in [1.807, 2.05) is 20.8 Å². The standard InChI is InChI=1S/C30H52N4O13/c1-30(2,3)34(33-29(38)39)26-5-4-25(24-32-26)28(37)31-7-9-41-11-13-43-15-17-45-19-21-47-23-22-46-20-18-44-16-14-42-12-10-40-8-6-27(35)36/h4-5,24,33H,6-23H2,1-3H3,(H,31,37)(H,35,36)(H,38,39). The molecule has 0 aliphatic heterocycles. The number of carboxylic acid groups (broad SMARTS) is 2. The molecule has 270 valence electrons. The number of hydrogen-bond donors (Lipinski definition) is 4. The molecule has 1 aromatic heterocycles. The summed E-state index contributed by atoms with van der Waals surface area (Å²) < 4.78 is 43.0. The van der Waals surface area contributed by atoms with Crippen LogP contribution >= 0.6 is 0 Å². The number of carbonyl (C=O) groups is 3. The minimum absolute atomic E-state index is 0.0141. The summed E-state index contributed by atoms with van der Waals surface area (Å²) >= 11 is 0. The number of nitrogens with zero attached hydrogens (tertiary/aromatic N) is 2. The van der Waals surface area contributed by atoms with Crippen molar-refractivity contribution < 1.29 is 62.5 Å². The zero-order chi connectivity index (χ0) is 34.6. The van der Waals surface area contributed by atoms with E-state index >= 15 is 0 Å². The third-order valence-corrected chi connectivity index (χ3v) is 5.71. The van der Waals surface area contributed by atoms with Crippen LogP contribution in [0.4, 0.5) is 10.6 Å². The molecule has 17 nitrogen and oxygen atoms in total. The molecule has 0 atom stereocenters. The van der Waals surface area contributed by atoms with Gasteiger partial charge in [0.25, 0.3) is 5.91 Å². The van der Waals surface area contributed by atoms with Crippen molar-refractivity contribution in [1.29, 1.82) is 0 Å². The van der Waals surface area contributed by atoms with Crippen LogP contribution in [0.15, 0.2) is 18.3 Å². The van der Waals surface area contributed by atoms with E-state index in [-0.39, 0.29) is 18.9 Å². The Balaban J connectivity index is 1.86. The Hall–Kier alpha value is -3.16. The monoisotopic (exact) mass is 676 g/mol. The molecule has 47 heavy (non-hydrogen) atoms. The van der Waals surface area contributed by atoms with Gasteiger partial charge in [-0.2, -0.15) is 0 Å². The van der Waals surface area contributed by atoms with Crippen molar-refractivity contribution in [2.24, 2.45) is 0 Å². The van der Waals surface area contributed by atoms with Gasteiger partial charge in [-0.25, -0.2) is 15.2 Å². The lowest BCUT2D eigenvalue weighted by Gasteiger charge is -2.35. The molecule has 0 saturated heterocycles. The molecule has 0 spiro atoms. The normalized spacial score (nSPS) is 11.4. The predicted molar refractivity (Wildman–Crippen MR) is 169 cm³/mol. The Morgan fingerprint density at radius 1 is 0.660 bits per heavy atom. The second-order valence-electron chi connectivity index (χ2n) is 10.6. The minimum Gasteiger partial charge on any atom is -0.481 e. The van der Waals surface area contributed by atoms with Gasteiger partial charge in [0, 0.05) is 12.7 Å². The van der Waals surface area contributed by atoms with Crippen LogP contribution in [-0.2, 0) is 42.7 Å². The number of aliphatic carboxylic acids is 1. The molecule has 17 heteroatoms. The van der Waals surface area contributed by atoms with Gasteiger partial charge in [0.15, 0.2) is 0 Å². The summed E-state index contributed by atoms with van der Waals surface area (Å²) in [6.07, 6.45) is 0.166. The molecule has 0 radical (unpaired) electrons. The van der Waals surface area contributed by atoms with Crippen LogP contribution in [0.25, 0.3) is 0 Å². The van der Waals surface area contributed by atoms with Gasteiger partial charge in [0.1, 0.15) is 5.82 Å². The molecule has 0 aromatic carbocycles. The topological polar surface area (TPSA) is 206 Å². The fourth-order valence-electron chi connectivity index (χ4n) is 3.46. The third-order valence-electron chi connectivity index (χ3n) is 5.71. The van der Waals surface area contributed by atoms with Crippen molar-refractivity contribution in [3.8, 4) is 0 Å². The SMILES string of the molecule is CC(C)(C)N(NC(=O)O)c1ccc(C(=O)NCCOCCOCCOCCOCCOCCOCCOCCOCCC(=O)O)cn1. The molecule has 0 unspecified atom stereocenters. The first kappa shape index (κ1) is 41.9. The number of anilines is 1. The van der Waals surface area contributed by atoms with Gasteiger partial charge in [-0.3, -0.25) is 14.6 Å². The first-order valence-corrected chi connectivity index (χ1v) is 15.5. The highest BCUT2D eigenvalue weighted by Gasteiger charge is 2.25. The number of nitrogens with one attached hydrogen (secondary N) is 2. The highest BCUT2D eigenvalue weighted by atomic mass is 16.6. The first-order valence-electron chi connectivity index (χ1n) is 15.5. The molecule has 0 aliphatic carbocycles. The van der Waals surface area contributed by atoms with Crippen LogP contribution in [0.1, 0.15) is 37.6 Å². The Kier molecular flexibility index (Phi) is 23.9. The maximum Gasteiger partial charge on any atom is 0.423 e. The summed E-state index contributed by atoms with van der Waals surface area (Å²) in [4.78, 5) is 38.0. The lowest BCUT2D eigenvalue weighted by Crippen LogP contribution is -2.53. The molecule has 2 amide bonds. The molecule has 0 fully saturated rings. The number of pyridine rings is 1. The van der Waals surface area contributed by atoms with E-state index < -0.39 is 17.6 Å². The van der Waals surface area contributed by atoms with E-state index in [1.165, 1.54) is 11.2 Å². The number of hydrazine groups is 1. The van der Waals surface area contributed by atoms with E-state index in [9.17, 15) is 14.4 Å². The van der Waals surface area contributed by atoms with Crippen LogP contribution in [0, 0.1) is 0 Å². The van der Waals surface area contributed by atoms with Crippen LogP contribution in [0.2, 0.25) is 0 Å². The molecular formula is C30H52N4O13. The van der Waals surface area contributed by atoms with E-state index in [2.05, 4.69) is 15.7 Å². The van der Waals surface area contributed by atoms with Crippen molar-refractivity contribution in [2.45, 2.75) is 32.7 Å². The van der Waals surface area contributed by atoms with Crippen molar-refractivity contribution in [3.63, 3.8) is 0 Å². The van der Waals surface area contributed by atoms with Crippen molar-refractivity contribution >= 4 is 23.8 Å². The third kappa shape index (κ3) is 23.8. The van der Waals surface area contributed by atoms with Crippen LogP contribution in [0.3, 0.4) is 0 Å². The second-order valence-corrected chi connectivity index (χ2v) is 10.6. The molecular weight excluding hydrogens is 624 g/mol. The van der Waals surface area contributed by atoms with Gasteiger partial charge >= 0.3 is 12.1 Å². The lowest BCUT2D eigenvalue weighted by molar-refractivity contribution is -0.138. The molecule has 0 bridgehead atoms. The fourth-order valence-corrected chi connectivity index (χ4v) is 3.46. The van der Waals surface area contributed by atoms with Gasteiger partial charge < -0.3 is 53.4 Å². The number of carbonyl (C=O) groups excluding carboxylic acids is 1. The average Bonchev–Trinajstić information content (AvgIpc) is 3.02. The number of ether oxygens (including phenoxy) is 8. The first-order chi connectivity index (χ1) is 22.6. The minimum atomic E-state index is -1.21. The van der Waals surface area contributed by atoms with Crippen LogP contribution in [-0.4, -0.2) is 151 Å². The van der Waals surface area contributed by atoms with E-state index in [0.29, 0.717) is 117 Å². The summed E-state index contributed by atoms with van der Waals surface area (Å²) in [7, 11) is 0. The quantitative estimate of drug-likeness (QED) is 0.0668. The summed E-state index contributed by atoms with van der Waals surface area (Å²) in [6, 6.07) is 3.15. The Bertz CT molecular complexity index is 964. The molecule has 0 aliphatic rings. The number of rotatable bonds is 30. The smallest absolute Gasteiger partial charge is 0.423 e. The number of amides is 2. The zero-order valence-corrected chi connectivity index (χ0v) is 27.7. The summed E-state index contributed by atoms with van der Waals surface area (Å²) in [5.41, 5.74) is 2.10. The molecule has 1 rings (SSSR count). The summed E-state index contributed by atoms with van der Waals surface area (Å²) in [6.45, 7) is 12.2. The average molecular weight is 677 g/mol. The summed E-state index contributed by atoms with van der Waals surface area (Å²) in [5, 5.41) is 21.7. The fraction of sp³-hybridized carbons (Fsp3) is 0.733. The largest absolute Gasteiger partial charge is 0.481 e. The highest BCUT2D eigenvalue weighted by molar-refractivity contribution is 5.94. The number of hydrogen-bond acceptors (Lipinski definition) is 13. The van der Waals surface area contributed by atoms with Crippen molar-refractivity contribution in [3.05, 3.63) is 23.9 Å². The predicted octanol–water partition coefficient (Wildman–Crippen LogP) is 1.21. The molecule has 0 saturated carbocycles. The highest BCUT2D eigenvalue weighted by Crippen LogP contribution is 2.19. The lowest BCUT2D eigenvalue weighted by atomic mass is 10.1.